The zero-order valence-electron chi connectivity index (χ0n) is 16.5. The van der Waals surface area contributed by atoms with Gasteiger partial charge in [0.2, 0.25) is 0 Å². The molecule has 4 rings (SSSR count). The van der Waals surface area contributed by atoms with Crippen LogP contribution in [0.25, 0.3) is 10.4 Å². The van der Waals surface area contributed by atoms with Crippen LogP contribution in [-0.4, -0.2) is 35.3 Å². The summed E-state index contributed by atoms with van der Waals surface area (Å²) in [6.07, 6.45) is 0.814. The Balaban J connectivity index is 0.00000124. The normalized spacial score (nSPS) is 21.1. The summed E-state index contributed by atoms with van der Waals surface area (Å²) < 4.78 is 18.8. The third-order valence-electron chi connectivity index (χ3n) is 4.88. The van der Waals surface area contributed by atoms with E-state index in [0.717, 1.165) is 26.4 Å². The molecule has 0 aliphatic carbocycles. The molecular formula is C23H24ClFO3S2. The van der Waals surface area contributed by atoms with Gasteiger partial charge in [0.25, 0.3) is 0 Å². The Morgan fingerprint density at radius 1 is 1.10 bits per heavy atom. The molecule has 1 fully saturated rings. The lowest BCUT2D eigenvalue weighted by atomic mass is 9.95. The van der Waals surface area contributed by atoms with Gasteiger partial charge in [-0.25, -0.2) is 4.39 Å². The number of hydrogen-bond donors (Lipinski definition) is 3. The van der Waals surface area contributed by atoms with Crippen molar-refractivity contribution in [3.63, 3.8) is 0 Å². The first kappa shape index (κ1) is 23.3. The number of benzene rings is 2. The van der Waals surface area contributed by atoms with E-state index >= 15 is 0 Å². The van der Waals surface area contributed by atoms with Crippen molar-refractivity contribution in [3.05, 3.63) is 81.4 Å². The van der Waals surface area contributed by atoms with Crippen molar-refractivity contribution >= 4 is 35.6 Å². The monoisotopic (exact) mass is 466 g/mol. The molecule has 7 heteroatoms. The number of ether oxygens (including phenoxy) is 1. The summed E-state index contributed by atoms with van der Waals surface area (Å²) >= 11 is 11.6. The van der Waals surface area contributed by atoms with Gasteiger partial charge < -0.3 is 14.9 Å². The van der Waals surface area contributed by atoms with Crippen LogP contribution >= 0.6 is 35.6 Å². The van der Waals surface area contributed by atoms with E-state index in [2.05, 4.69) is 18.7 Å². The predicted octanol–water partition coefficient (Wildman–Crippen LogP) is 5.53. The number of thiol groups is 1. The van der Waals surface area contributed by atoms with Crippen LogP contribution in [0.2, 0.25) is 5.02 Å². The summed E-state index contributed by atoms with van der Waals surface area (Å²) in [6.45, 7) is 0.214. The summed E-state index contributed by atoms with van der Waals surface area (Å²) in [5, 5.41) is 20.5. The number of halogens is 2. The van der Waals surface area contributed by atoms with Gasteiger partial charge in [-0.05, 0) is 53.3 Å². The lowest BCUT2D eigenvalue weighted by Gasteiger charge is -2.31. The quantitative estimate of drug-likeness (QED) is 0.443. The van der Waals surface area contributed by atoms with E-state index in [1.807, 2.05) is 24.3 Å². The third kappa shape index (κ3) is 5.63. The minimum atomic E-state index is -0.746. The molecule has 3 nitrogen and oxygen atoms in total. The fraction of sp³-hybridized carbons (Fsp3) is 0.304. The van der Waals surface area contributed by atoms with Gasteiger partial charge in [0.1, 0.15) is 11.9 Å². The van der Waals surface area contributed by atoms with Crippen LogP contribution < -0.4 is 0 Å². The van der Waals surface area contributed by atoms with Crippen molar-refractivity contribution in [2.24, 2.45) is 0 Å². The number of aliphatic hydroxyl groups is 2. The summed E-state index contributed by atoms with van der Waals surface area (Å²) in [5.74, 6) is -0.247. The topological polar surface area (TPSA) is 49.7 Å². The number of hydrogen-bond acceptors (Lipinski definition) is 5. The number of aliphatic hydroxyl groups excluding tert-OH is 2. The minimum absolute atomic E-state index is 0.214. The molecule has 2 heterocycles. The van der Waals surface area contributed by atoms with Gasteiger partial charge in [0.05, 0.1) is 18.8 Å². The summed E-state index contributed by atoms with van der Waals surface area (Å²) in [7, 11) is 0. The second-order valence-corrected chi connectivity index (χ2v) is 8.59. The van der Waals surface area contributed by atoms with E-state index in [-0.39, 0.29) is 12.4 Å². The van der Waals surface area contributed by atoms with Crippen LogP contribution in [0.3, 0.4) is 0 Å². The molecule has 3 aromatic rings. The van der Waals surface area contributed by atoms with E-state index in [1.165, 1.54) is 12.1 Å². The van der Waals surface area contributed by atoms with Crippen LogP contribution in [0, 0.1) is 5.82 Å². The lowest BCUT2D eigenvalue weighted by molar-refractivity contribution is -0.125. The highest BCUT2D eigenvalue weighted by molar-refractivity contribution is 7.79. The first-order valence-corrected chi connectivity index (χ1v) is 11.6. The lowest BCUT2D eigenvalue weighted by Crippen LogP contribution is -2.35. The molecule has 0 saturated carbocycles. The summed E-state index contributed by atoms with van der Waals surface area (Å²) in [4.78, 5) is 2.21. The smallest absolute Gasteiger partial charge is 0.123 e. The van der Waals surface area contributed by atoms with Crippen molar-refractivity contribution in [2.75, 3.05) is 12.9 Å². The average Bonchev–Trinajstić information content (AvgIpc) is 3.20. The maximum Gasteiger partial charge on any atom is 0.123 e. The first-order chi connectivity index (χ1) is 14.5. The van der Waals surface area contributed by atoms with Gasteiger partial charge in [-0.15, -0.1) is 11.3 Å². The maximum atomic E-state index is 13.1. The fourth-order valence-corrected chi connectivity index (χ4v) is 4.67. The molecule has 0 radical (unpaired) electrons. The van der Waals surface area contributed by atoms with Gasteiger partial charge in [-0.2, -0.15) is 12.6 Å². The first-order valence-electron chi connectivity index (χ1n) is 9.55. The molecule has 1 aliphatic rings. The van der Waals surface area contributed by atoms with Gasteiger partial charge in [0.15, 0.2) is 0 Å². The molecule has 2 aromatic carbocycles. The van der Waals surface area contributed by atoms with Crippen LogP contribution in [-0.2, 0) is 11.2 Å². The molecule has 30 heavy (non-hydrogen) atoms. The van der Waals surface area contributed by atoms with Gasteiger partial charge in [0, 0.05) is 27.6 Å². The molecule has 3 atom stereocenters. The van der Waals surface area contributed by atoms with Crippen LogP contribution in [0.4, 0.5) is 4.39 Å². The highest BCUT2D eigenvalue weighted by Gasteiger charge is 2.30. The molecule has 1 aromatic heterocycles. The van der Waals surface area contributed by atoms with Crippen LogP contribution in [0.15, 0.2) is 54.6 Å². The molecule has 160 valence electrons. The highest BCUT2D eigenvalue weighted by atomic mass is 35.5. The third-order valence-corrected chi connectivity index (χ3v) is 6.39. The van der Waals surface area contributed by atoms with Crippen molar-refractivity contribution < 1.29 is 19.3 Å². The Labute approximate surface area is 190 Å². The number of thiophene rings is 1. The van der Waals surface area contributed by atoms with Crippen LogP contribution in [0.1, 0.15) is 28.5 Å². The van der Waals surface area contributed by atoms with E-state index in [0.29, 0.717) is 17.9 Å². The molecule has 0 bridgehead atoms. The van der Waals surface area contributed by atoms with E-state index in [1.54, 1.807) is 29.7 Å². The van der Waals surface area contributed by atoms with Crippen LogP contribution in [0.5, 0.6) is 0 Å². The minimum Gasteiger partial charge on any atom is -0.391 e. The molecule has 1 saturated heterocycles. The zero-order chi connectivity index (χ0) is 21.7. The van der Waals surface area contributed by atoms with Gasteiger partial charge in [-0.3, -0.25) is 0 Å². The Bertz CT molecular complexity index is 961. The Morgan fingerprint density at radius 3 is 2.53 bits per heavy atom. The van der Waals surface area contributed by atoms with E-state index < -0.39 is 18.3 Å². The van der Waals surface area contributed by atoms with E-state index in [9.17, 15) is 14.6 Å². The Hall–Kier alpha value is -1.41. The standard InChI is InChI=1S/C22H20ClFO3S.CH4S/c23-19-7-3-14(22-20(26)11-17(25)12-27-22)9-15(19)10-18-6-8-21(28-18)13-1-4-16(24)5-2-13;1-2/h1-9,17,20,22,25-26H,10-12H2;2H,1H3/t17?,20?,22-;/m0./s1. The van der Waals surface area contributed by atoms with Gasteiger partial charge >= 0.3 is 0 Å². The largest absolute Gasteiger partial charge is 0.391 e. The maximum absolute atomic E-state index is 13.1. The van der Waals surface area contributed by atoms with Crippen molar-refractivity contribution in [1.29, 1.82) is 0 Å². The summed E-state index contributed by atoms with van der Waals surface area (Å²) in [5.41, 5.74) is 2.79. The van der Waals surface area contributed by atoms with E-state index in [4.69, 9.17) is 16.3 Å². The molecule has 1 aliphatic heterocycles. The molecular weight excluding hydrogens is 443 g/mol. The SMILES string of the molecule is CS.OC1CO[C@@H](c2ccc(Cl)c(Cc3ccc(-c4ccc(F)cc4)s3)c2)C(O)C1. The Morgan fingerprint density at radius 2 is 1.83 bits per heavy atom. The zero-order valence-corrected chi connectivity index (χ0v) is 18.9. The van der Waals surface area contributed by atoms with Crippen molar-refractivity contribution in [1.82, 2.24) is 0 Å². The predicted molar refractivity (Wildman–Crippen MR) is 124 cm³/mol. The molecule has 2 N–H and O–H groups in total. The van der Waals surface area contributed by atoms with Crippen molar-refractivity contribution in [3.8, 4) is 10.4 Å². The fourth-order valence-electron chi connectivity index (χ4n) is 3.45. The second kappa shape index (κ2) is 10.8. The van der Waals surface area contributed by atoms with Gasteiger partial charge in [-0.1, -0.05) is 35.9 Å². The van der Waals surface area contributed by atoms with Crippen molar-refractivity contribution in [2.45, 2.75) is 31.2 Å². The molecule has 2 unspecified atom stereocenters. The summed E-state index contributed by atoms with van der Waals surface area (Å²) in [6, 6.07) is 16.2. The number of rotatable bonds is 4. The molecule has 0 spiro atoms. The second-order valence-electron chi connectivity index (χ2n) is 7.01. The highest BCUT2D eigenvalue weighted by Crippen LogP contribution is 2.34. The average molecular weight is 467 g/mol. The Kier molecular flexibility index (Phi) is 8.34. The molecule has 0 amide bonds.